The molecule has 1 aliphatic rings. The molecule has 1 fully saturated rings. The fourth-order valence-electron chi connectivity index (χ4n) is 2.93. The third-order valence-electron chi connectivity index (χ3n) is 4.21. The van der Waals surface area contributed by atoms with Crippen LogP contribution in [0.3, 0.4) is 0 Å². The highest BCUT2D eigenvalue weighted by Gasteiger charge is 2.16. The Morgan fingerprint density at radius 1 is 1.13 bits per heavy atom. The molecule has 0 spiro atoms. The number of furan rings is 1. The van der Waals surface area contributed by atoms with Gasteiger partial charge in [-0.05, 0) is 65.0 Å². The zero-order valence-electron chi connectivity index (χ0n) is 13.3. The number of rotatable bonds is 4. The van der Waals surface area contributed by atoms with Crippen LogP contribution < -0.4 is 4.90 Å². The molecule has 0 aliphatic carbocycles. The second kappa shape index (κ2) is 7.21. The molecule has 0 unspecified atom stereocenters. The van der Waals surface area contributed by atoms with Gasteiger partial charge in [0.15, 0.2) is 10.4 Å². The molecule has 1 aromatic carbocycles. The average molecular weight is 377 g/mol. The van der Waals surface area contributed by atoms with Crippen molar-refractivity contribution in [3.8, 4) is 0 Å². The van der Waals surface area contributed by atoms with Crippen LogP contribution in [0.5, 0.6) is 0 Å². The molecular weight excluding hydrogens is 356 g/mol. The van der Waals surface area contributed by atoms with E-state index < -0.39 is 0 Å². The van der Waals surface area contributed by atoms with E-state index in [1.54, 1.807) is 24.1 Å². The van der Waals surface area contributed by atoms with E-state index in [0.29, 0.717) is 17.0 Å². The Morgan fingerprint density at radius 3 is 2.43 bits per heavy atom. The number of hydrogen-bond acceptors (Lipinski definition) is 3. The fourth-order valence-corrected chi connectivity index (χ4v) is 3.23. The van der Waals surface area contributed by atoms with Crippen LogP contribution in [-0.4, -0.2) is 30.9 Å². The van der Waals surface area contributed by atoms with Gasteiger partial charge in [-0.2, -0.15) is 0 Å². The van der Waals surface area contributed by atoms with Gasteiger partial charge in [-0.25, -0.2) is 0 Å². The maximum absolute atomic E-state index is 12.3. The molecule has 23 heavy (non-hydrogen) atoms. The highest BCUT2D eigenvalue weighted by Crippen LogP contribution is 2.21. The van der Waals surface area contributed by atoms with Crippen LogP contribution in [0.2, 0.25) is 0 Å². The van der Waals surface area contributed by atoms with Crippen molar-refractivity contribution in [2.45, 2.75) is 25.8 Å². The molecular formula is C18H21BrN2O2. The number of piperidine rings is 1. The Kier molecular flexibility index (Phi) is 5.06. The Bertz CT molecular complexity index is 660. The first-order chi connectivity index (χ1) is 11.1. The molecule has 1 aromatic heterocycles. The highest BCUT2D eigenvalue weighted by molar-refractivity contribution is 9.10. The Morgan fingerprint density at radius 2 is 1.83 bits per heavy atom. The first-order valence-corrected chi connectivity index (χ1v) is 8.77. The number of carbonyl (C=O) groups is 1. The summed E-state index contributed by atoms with van der Waals surface area (Å²) < 4.78 is 5.89. The number of amides is 1. The predicted molar refractivity (Wildman–Crippen MR) is 94.7 cm³/mol. The number of halogens is 1. The average Bonchev–Trinajstić information content (AvgIpc) is 3.02. The summed E-state index contributed by atoms with van der Waals surface area (Å²) in [5.41, 5.74) is 2.39. The molecule has 1 aliphatic heterocycles. The van der Waals surface area contributed by atoms with Gasteiger partial charge >= 0.3 is 0 Å². The second-order valence-corrected chi connectivity index (χ2v) is 6.76. The summed E-state index contributed by atoms with van der Waals surface area (Å²) in [6, 6.07) is 11.9. The van der Waals surface area contributed by atoms with Crippen LogP contribution in [-0.2, 0) is 6.54 Å². The quantitative estimate of drug-likeness (QED) is 0.797. The maximum Gasteiger partial charge on any atom is 0.289 e. The molecule has 122 valence electrons. The van der Waals surface area contributed by atoms with Gasteiger partial charge in [-0.15, -0.1) is 0 Å². The Labute approximate surface area is 145 Å². The van der Waals surface area contributed by atoms with Gasteiger partial charge in [0.1, 0.15) is 0 Å². The van der Waals surface area contributed by atoms with Gasteiger partial charge in [0, 0.05) is 32.4 Å². The largest absolute Gasteiger partial charge is 0.444 e. The second-order valence-electron chi connectivity index (χ2n) is 5.98. The minimum absolute atomic E-state index is 0.115. The van der Waals surface area contributed by atoms with Crippen LogP contribution >= 0.6 is 15.9 Å². The molecule has 1 saturated heterocycles. The first-order valence-electron chi connectivity index (χ1n) is 7.98. The summed E-state index contributed by atoms with van der Waals surface area (Å²) in [6.07, 6.45) is 3.89. The van der Waals surface area contributed by atoms with Crippen molar-refractivity contribution in [3.05, 3.63) is 52.4 Å². The number of anilines is 1. The van der Waals surface area contributed by atoms with Crippen LogP contribution in [0.25, 0.3) is 0 Å². The van der Waals surface area contributed by atoms with Gasteiger partial charge in [0.2, 0.25) is 0 Å². The smallest absolute Gasteiger partial charge is 0.289 e. The molecule has 5 heteroatoms. The number of hydrogen-bond donors (Lipinski definition) is 0. The van der Waals surface area contributed by atoms with E-state index in [1.165, 1.54) is 24.9 Å². The maximum atomic E-state index is 12.3. The zero-order chi connectivity index (χ0) is 16.2. The molecule has 3 rings (SSSR count). The van der Waals surface area contributed by atoms with Crippen molar-refractivity contribution < 1.29 is 9.21 Å². The number of benzene rings is 1. The monoisotopic (exact) mass is 376 g/mol. The van der Waals surface area contributed by atoms with Gasteiger partial charge in [-0.3, -0.25) is 4.79 Å². The van der Waals surface area contributed by atoms with Crippen molar-refractivity contribution in [3.63, 3.8) is 0 Å². The summed E-state index contributed by atoms with van der Waals surface area (Å²) in [4.78, 5) is 16.4. The van der Waals surface area contributed by atoms with Crippen molar-refractivity contribution in [2.24, 2.45) is 0 Å². The van der Waals surface area contributed by atoms with Crippen molar-refractivity contribution in [1.29, 1.82) is 0 Å². The minimum Gasteiger partial charge on any atom is -0.444 e. The first kappa shape index (κ1) is 16.1. The van der Waals surface area contributed by atoms with Gasteiger partial charge in [0.25, 0.3) is 5.91 Å². The van der Waals surface area contributed by atoms with Gasteiger partial charge < -0.3 is 14.2 Å². The normalized spacial score (nSPS) is 14.8. The topological polar surface area (TPSA) is 36.7 Å². The third-order valence-corrected chi connectivity index (χ3v) is 4.63. The van der Waals surface area contributed by atoms with E-state index in [1.807, 2.05) is 0 Å². The molecule has 2 heterocycles. The lowest BCUT2D eigenvalue weighted by atomic mass is 10.1. The predicted octanol–water partition coefficient (Wildman–Crippen LogP) is 4.30. The summed E-state index contributed by atoms with van der Waals surface area (Å²) in [5.74, 6) is 0.236. The molecule has 1 amide bonds. The van der Waals surface area contributed by atoms with Crippen molar-refractivity contribution in [2.75, 3.05) is 25.0 Å². The summed E-state index contributed by atoms with van der Waals surface area (Å²) in [5, 5.41) is 0. The van der Waals surface area contributed by atoms with E-state index in [-0.39, 0.29) is 5.91 Å². The molecule has 0 bridgehead atoms. The van der Waals surface area contributed by atoms with E-state index in [4.69, 9.17) is 4.42 Å². The highest BCUT2D eigenvalue weighted by atomic mass is 79.9. The van der Waals surface area contributed by atoms with Crippen LogP contribution in [0.4, 0.5) is 5.69 Å². The molecule has 0 saturated carbocycles. The lowest BCUT2D eigenvalue weighted by Gasteiger charge is -2.29. The van der Waals surface area contributed by atoms with Crippen molar-refractivity contribution >= 4 is 27.5 Å². The molecule has 0 N–H and O–H groups in total. The zero-order valence-corrected chi connectivity index (χ0v) is 14.9. The van der Waals surface area contributed by atoms with E-state index in [9.17, 15) is 4.79 Å². The van der Waals surface area contributed by atoms with Gasteiger partial charge in [0.05, 0.1) is 0 Å². The van der Waals surface area contributed by atoms with E-state index in [0.717, 1.165) is 18.7 Å². The Balaban J connectivity index is 1.62. The van der Waals surface area contributed by atoms with Crippen molar-refractivity contribution in [1.82, 2.24) is 4.90 Å². The lowest BCUT2D eigenvalue weighted by Crippen LogP contribution is -2.29. The molecule has 0 atom stereocenters. The lowest BCUT2D eigenvalue weighted by molar-refractivity contribution is 0.0752. The van der Waals surface area contributed by atoms with Gasteiger partial charge in [-0.1, -0.05) is 12.1 Å². The summed E-state index contributed by atoms with van der Waals surface area (Å²) in [7, 11) is 1.79. The minimum atomic E-state index is -0.115. The number of nitrogens with zero attached hydrogens (tertiary/aromatic N) is 2. The standard InChI is InChI=1S/C18H21BrN2O2/c1-20(18(22)16-9-10-17(19)23-16)13-14-5-7-15(8-6-14)21-11-3-2-4-12-21/h5-10H,2-4,11-13H2,1H3. The molecule has 2 aromatic rings. The Hall–Kier alpha value is -1.75. The summed E-state index contributed by atoms with van der Waals surface area (Å²) >= 11 is 3.22. The third kappa shape index (κ3) is 3.96. The van der Waals surface area contributed by atoms with Crippen LogP contribution in [0.1, 0.15) is 35.4 Å². The summed E-state index contributed by atoms with van der Waals surface area (Å²) in [6.45, 7) is 2.85. The number of carbonyl (C=O) groups excluding carboxylic acids is 1. The van der Waals surface area contributed by atoms with Crippen LogP contribution in [0, 0.1) is 0 Å². The van der Waals surface area contributed by atoms with E-state index >= 15 is 0 Å². The SMILES string of the molecule is CN(Cc1ccc(N2CCCCC2)cc1)C(=O)c1ccc(Br)o1. The van der Waals surface area contributed by atoms with E-state index in [2.05, 4.69) is 45.1 Å². The van der Waals surface area contributed by atoms with Crippen LogP contribution in [0.15, 0.2) is 45.5 Å². The fraction of sp³-hybridized carbons (Fsp3) is 0.389. The molecule has 4 nitrogen and oxygen atoms in total. The molecule has 0 radical (unpaired) electrons.